The lowest BCUT2D eigenvalue weighted by atomic mass is 10.1. The van der Waals surface area contributed by atoms with E-state index in [9.17, 15) is 4.79 Å². The van der Waals surface area contributed by atoms with Crippen LogP contribution in [0.15, 0.2) is 4.42 Å². The van der Waals surface area contributed by atoms with Crippen molar-refractivity contribution in [3.05, 3.63) is 22.6 Å². The summed E-state index contributed by atoms with van der Waals surface area (Å²) in [7, 11) is 0. The first kappa shape index (κ1) is 12.8. The number of likely N-dealkylation sites (N-methyl/N-ethyl adjacent to an activating group) is 1. The maximum absolute atomic E-state index is 11.9. The van der Waals surface area contributed by atoms with E-state index in [4.69, 9.17) is 4.42 Å². The third kappa shape index (κ3) is 2.85. The van der Waals surface area contributed by atoms with Crippen LogP contribution in [-0.4, -0.2) is 25.5 Å². The Hall–Kier alpha value is -1.29. The van der Waals surface area contributed by atoms with Crippen LogP contribution in [0.1, 0.15) is 34.4 Å². The molecule has 0 saturated heterocycles. The van der Waals surface area contributed by atoms with E-state index in [1.807, 2.05) is 27.7 Å². The Kier molecular flexibility index (Phi) is 4.55. The Morgan fingerprint density at radius 2 is 1.88 bits per heavy atom. The lowest BCUT2D eigenvalue weighted by Crippen LogP contribution is -2.32. The molecule has 90 valence electrons. The molecular weight excluding hydrogens is 204 g/mol. The molecule has 0 aliphatic carbocycles. The molecule has 1 heterocycles. The number of aryl methyl sites for hydroxylation is 2. The van der Waals surface area contributed by atoms with Crippen LogP contribution in [0.5, 0.6) is 0 Å². The molecule has 0 aromatic carbocycles. The predicted molar refractivity (Wildman–Crippen MR) is 63.8 cm³/mol. The minimum Gasteiger partial charge on any atom is -0.466 e. The molecule has 0 radical (unpaired) electrons. The highest BCUT2D eigenvalue weighted by Crippen LogP contribution is 2.20. The van der Waals surface area contributed by atoms with Gasteiger partial charge in [0.05, 0.1) is 5.56 Å². The Bertz CT molecular complexity index is 369. The second-order valence-electron chi connectivity index (χ2n) is 3.82. The summed E-state index contributed by atoms with van der Waals surface area (Å²) in [4.78, 5) is 11.9. The minimum atomic E-state index is -0.0512. The number of carbonyl (C=O) groups is 1. The van der Waals surface area contributed by atoms with Gasteiger partial charge < -0.3 is 15.1 Å². The number of nitrogens with one attached hydrogen (secondary N) is 2. The largest absolute Gasteiger partial charge is 0.466 e. The van der Waals surface area contributed by atoms with Gasteiger partial charge in [0.25, 0.3) is 5.91 Å². The summed E-state index contributed by atoms with van der Waals surface area (Å²) in [6.07, 6.45) is 0. The van der Waals surface area contributed by atoms with Gasteiger partial charge in [-0.1, -0.05) is 6.92 Å². The SMILES string of the molecule is CCNCCNC(=O)c1c(C)oc(C)c1C. The van der Waals surface area contributed by atoms with Crippen molar-refractivity contribution in [1.82, 2.24) is 10.6 Å². The number of hydrogen-bond acceptors (Lipinski definition) is 3. The monoisotopic (exact) mass is 224 g/mol. The van der Waals surface area contributed by atoms with E-state index in [-0.39, 0.29) is 5.91 Å². The van der Waals surface area contributed by atoms with Crippen LogP contribution in [0.25, 0.3) is 0 Å². The van der Waals surface area contributed by atoms with Crippen molar-refractivity contribution in [2.24, 2.45) is 0 Å². The quantitative estimate of drug-likeness (QED) is 0.746. The van der Waals surface area contributed by atoms with Gasteiger partial charge in [0, 0.05) is 18.7 Å². The predicted octanol–water partition coefficient (Wildman–Crippen LogP) is 1.54. The molecule has 0 aliphatic heterocycles. The minimum absolute atomic E-state index is 0.0512. The van der Waals surface area contributed by atoms with E-state index in [1.54, 1.807) is 0 Å². The number of furan rings is 1. The standard InChI is InChI=1S/C12H20N2O2/c1-5-13-6-7-14-12(15)11-8(2)9(3)16-10(11)4/h13H,5-7H2,1-4H3,(H,14,15). The zero-order chi connectivity index (χ0) is 12.1. The maximum Gasteiger partial charge on any atom is 0.255 e. The summed E-state index contributed by atoms with van der Waals surface area (Å²) >= 11 is 0. The van der Waals surface area contributed by atoms with Crippen molar-refractivity contribution >= 4 is 5.91 Å². The first-order chi connectivity index (χ1) is 7.57. The lowest BCUT2D eigenvalue weighted by Gasteiger charge is -2.05. The van der Waals surface area contributed by atoms with Crippen LogP contribution in [0, 0.1) is 20.8 Å². The molecule has 0 aliphatic rings. The van der Waals surface area contributed by atoms with Gasteiger partial charge >= 0.3 is 0 Å². The number of carbonyl (C=O) groups excluding carboxylic acids is 1. The van der Waals surface area contributed by atoms with E-state index in [1.165, 1.54) is 0 Å². The molecule has 1 aromatic heterocycles. The second-order valence-corrected chi connectivity index (χ2v) is 3.82. The van der Waals surface area contributed by atoms with Crippen LogP contribution in [0.4, 0.5) is 0 Å². The van der Waals surface area contributed by atoms with Crippen LogP contribution >= 0.6 is 0 Å². The zero-order valence-electron chi connectivity index (χ0n) is 10.4. The highest BCUT2D eigenvalue weighted by atomic mass is 16.3. The highest BCUT2D eigenvalue weighted by molar-refractivity contribution is 5.96. The summed E-state index contributed by atoms with van der Waals surface area (Å²) in [5, 5.41) is 6.02. The lowest BCUT2D eigenvalue weighted by molar-refractivity contribution is 0.0952. The maximum atomic E-state index is 11.9. The molecule has 16 heavy (non-hydrogen) atoms. The van der Waals surface area contributed by atoms with Crippen molar-refractivity contribution in [2.45, 2.75) is 27.7 Å². The molecule has 2 N–H and O–H groups in total. The molecule has 4 nitrogen and oxygen atoms in total. The van der Waals surface area contributed by atoms with Gasteiger partial charge in [-0.2, -0.15) is 0 Å². The third-order valence-corrected chi connectivity index (χ3v) is 2.63. The molecule has 0 bridgehead atoms. The van der Waals surface area contributed by atoms with Crippen molar-refractivity contribution in [3.63, 3.8) is 0 Å². The fraction of sp³-hybridized carbons (Fsp3) is 0.583. The molecule has 4 heteroatoms. The van der Waals surface area contributed by atoms with Crippen LogP contribution < -0.4 is 10.6 Å². The number of rotatable bonds is 5. The molecule has 0 atom stereocenters. The van der Waals surface area contributed by atoms with Crippen molar-refractivity contribution < 1.29 is 9.21 Å². The third-order valence-electron chi connectivity index (χ3n) is 2.63. The van der Waals surface area contributed by atoms with E-state index < -0.39 is 0 Å². The van der Waals surface area contributed by atoms with Gasteiger partial charge in [0.2, 0.25) is 0 Å². The van der Waals surface area contributed by atoms with Gasteiger partial charge in [-0.05, 0) is 27.3 Å². The fourth-order valence-electron chi connectivity index (χ4n) is 1.66. The molecule has 0 spiro atoms. The Labute approximate surface area is 96.4 Å². The molecule has 1 amide bonds. The van der Waals surface area contributed by atoms with Crippen molar-refractivity contribution in [1.29, 1.82) is 0 Å². The van der Waals surface area contributed by atoms with Crippen molar-refractivity contribution in [2.75, 3.05) is 19.6 Å². The summed E-state index contributed by atoms with van der Waals surface area (Å²) in [6, 6.07) is 0. The summed E-state index contributed by atoms with van der Waals surface area (Å²) in [6.45, 7) is 9.98. The Morgan fingerprint density at radius 1 is 1.19 bits per heavy atom. The first-order valence-electron chi connectivity index (χ1n) is 5.63. The molecule has 0 fully saturated rings. The average molecular weight is 224 g/mol. The molecular formula is C12H20N2O2. The Morgan fingerprint density at radius 3 is 2.38 bits per heavy atom. The van der Waals surface area contributed by atoms with E-state index >= 15 is 0 Å². The fourth-order valence-corrected chi connectivity index (χ4v) is 1.66. The van der Waals surface area contributed by atoms with Gasteiger partial charge in [-0.15, -0.1) is 0 Å². The molecule has 0 saturated carbocycles. The van der Waals surface area contributed by atoms with Crippen LogP contribution in [-0.2, 0) is 0 Å². The zero-order valence-corrected chi connectivity index (χ0v) is 10.4. The van der Waals surface area contributed by atoms with Crippen molar-refractivity contribution in [3.8, 4) is 0 Å². The highest BCUT2D eigenvalue weighted by Gasteiger charge is 2.17. The normalized spacial score (nSPS) is 10.5. The summed E-state index contributed by atoms with van der Waals surface area (Å²) < 4.78 is 5.42. The topological polar surface area (TPSA) is 54.3 Å². The smallest absolute Gasteiger partial charge is 0.255 e. The second kappa shape index (κ2) is 5.70. The van der Waals surface area contributed by atoms with E-state index in [0.29, 0.717) is 17.9 Å². The van der Waals surface area contributed by atoms with Gasteiger partial charge in [-0.3, -0.25) is 4.79 Å². The van der Waals surface area contributed by atoms with E-state index in [0.717, 1.165) is 24.4 Å². The summed E-state index contributed by atoms with van der Waals surface area (Å²) in [5.74, 6) is 1.45. The Balaban J connectivity index is 2.59. The van der Waals surface area contributed by atoms with Gasteiger partial charge in [-0.25, -0.2) is 0 Å². The van der Waals surface area contributed by atoms with Crippen LogP contribution in [0.2, 0.25) is 0 Å². The molecule has 1 rings (SSSR count). The summed E-state index contributed by atoms with van der Waals surface area (Å²) in [5.41, 5.74) is 1.60. The van der Waals surface area contributed by atoms with Gasteiger partial charge in [0.15, 0.2) is 0 Å². The van der Waals surface area contributed by atoms with E-state index in [2.05, 4.69) is 10.6 Å². The number of hydrogen-bond donors (Lipinski definition) is 2. The first-order valence-corrected chi connectivity index (χ1v) is 5.63. The molecule has 0 unspecified atom stereocenters. The number of amides is 1. The van der Waals surface area contributed by atoms with Gasteiger partial charge in [0.1, 0.15) is 11.5 Å². The molecule has 1 aromatic rings. The van der Waals surface area contributed by atoms with Crippen LogP contribution in [0.3, 0.4) is 0 Å². The average Bonchev–Trinajstić information content (AvgIpc) is 2.48.